The van der Waals surface area contributed by atoms with E-state index < -0.39 is 0 Å². The van der Waals surface area contributed by atoms with Crippen LogP contribution in [0.5, 0.6) is 17.2 Å². The van der Waals surface area contributed by atoms with E-state index in [0.29, 0.717) is 33.7 Å². The van der Waals surface area contributed by atoms with Crippen molar-refractivity contribution < 1.29 is 19.0 Å². The minimum atomic E-state index is -0.161. The van der Waals surface area contributed by atoms with Gasteiger partial charge in [0.25, 0.3) is 0 Å². The van der Waals surface area contributed by atoms with Crippen LogP contribution in [0.4, 0.5) is 0 Å². The Morgan fingerprint density at radius 3 is 2.59 bits per heavy atom. The van der Waals surface area contributed by atoms with Crippen LogP contribution < -0.4 is 14.2 Å². The maximum absolute atomic E-state index is 13.0. The van der Waals surface area contributed by atoms with E-state index >= 15 is 0 Å². The molecule has 5 nitrogen and oxygen atoms in total. The normalized spacial score (nSPS) is 13.9. The molecule has 1 aliphatic heterocycles. The number of allylic oxidation sites excluding steroid dienone is 1. The lowest BCUT2D eigenvalue weighted by Crippen LogP contribution is -1.98. The highest BCUT2D eigenvalue weighted by molar-refractivity contribution is 6.42. The quantitative estimate of drug-likeness (QED) is 0.267. The van der Waals surface area contributed by atoms with Crippen molar-refractivity contribution in [2.75, 3.05) is 7.11 Å². The zero-order chi connectivity index (χ0) is 23.8. The van der Waals surface area contributed by atoms with Gasteiger partial charge in [-0.3, -0.25) is 4.79 Å². The predicted octanol–water partition coefficient (Wildman–Crippen LogP) is 7.17. The van der Waals surface area contributed by atoms with E-state index in [2.05, 4.69) is 11.5 Å². The van der Waals surface area contributed by atoms with Gasteiger partial charge in [-0.2, -0.15) is 0 Å². The molecule has 34 heavy (non-hydrogen) atoms. The lowest BCUT2D eigenvalue weighted by Gasteiger charge is -2.08. The van der Waals surface area contributed by atoms with Crippen molar-refractivity contribution in [3.63, 3.8) is 0 Å². The lowest BCUT2D eigenvalue weighted by molar-refractivity contribution is 0.101. The second kappa shape index (κ2) is 9.09. The molecule has 0 spiro atoms. The minimum Gasteiger partial charge on any atom is -0.497 e. The molecule has 1 aromatic heterocycles. The highest BCUT2D eigenvalue weighted by Crippen LogP contribution is 2.36. The number of halogens is 2. The largest absolute Gasteiger partial charge is 0.497 e. The molecule has 0 atom stereocenters. The number of carbonyl (C=O) groups excluding carboxylic acids is 1. The van der Waals surface area contributed by atoms with Crippen molar-refractivity contribution in [3.05, 3.63) is 93.3 Å². The number of methoxy groups -OCH3 is 1. The number of fused-ring (bicyclic) bond motifs is 2. The van der Waals surface area contributed by atoms with Crippen LogP contribution in [0.3, 0.4) is 0 Å². The summed E-state index contributed by atoms with van der Waals surface area (Å²) >= 11 is 12.0. The number of hydrogen-bond acceptors (Lipinski definition) is 4. The molecular weight excluding hydrogens is 473 g/mol. The van der Waals surface area contributed by atoms with Crippen LogP contribution >= 0.6 is 23.2 Å². The van der Waals surface area contributed by atoms with Gasteiger partial charge in [0.05, 0.1) is 22.7 Å². The Morgan fingerprint density at radius 1 is 1.00 bits per heavy atom. The molecule has 0 saturated carbocycles. The Morgan fingerprint density at radius 2 is 1.82 bits per heavy atom. The number of nitrogens with zero attached hydrogens (tertiary/aromatic N) is 1. The highest BCUT2D eigenvalue weighted by Gasteiger charge is 2.28. The molecule has 0 aliphatic carbocycles. The van der Waals surface area contributed by atoms with E-state index in [1.165, 1.54) is 0 Å². The van der Waals surface area contributed by atoms with E-state index in [-0.39, 0.29) is 11.5 Å². The maximum Gasteiger partial charge on any atom is 0.231 e. The molecule has 0 amide bonds. The van der Waals surface area contributed by atoms with Crippen molar-refractivity contribution in [2.45, 2.75) is 20.1 Å². The number of hydrogen-bond donors (Lipinski definition) is 0. The fourth-order valence-corrected chi connectivity index (χ4v) is 4.32. The molecule has 0 unspecified atom stereocenters. The number of aromatic nitrogens is 1. The van der Waals surface area contributed by atoms with Crippen LogP contribution in [-0.2, 0) is 13.2 Å². The standard InChI is InChI=1S/C27H21Cl2NO4/c1-3-30-14-17(21-12-18(32-2)6-9-24(21)30)11-26-27(31)20-7-5-19(13-25(20)34-26)33-15-16-4-8-22(28)23(29)10-16/h4-14H,3,15H2,1-2H3/b26-11-. The second-order valence-electron chi connectivity index (χ2n) is 7.89. The van der Waals surface area contributed by atoms with Gasteiger partial charge in [-0.1, -0.05) is 29.3 Å². The fraction of sp³-hybridized carbons (Fsp3) is 0.148. The molecule has 0 N–H and O–H groups in total. The van der Waals surface area contributed by atoms with Gasteiger partial charge in [-0.25, -0.2) is 0 Å². The molecule has 0 fully saturated rings. The molecular formula is C27H21Cl2NO4. The van der Waals surface area contributed by atoms with Crippen molar-refractivity contribution >= 4 is 46.0 Å². The average molecular weight is 494 g/mol. The summed E-state index contributed by atoms with van der Waals surface area (Å²) in [5.74, 6) is 1.93. The van der Waals surface area contributed by atoms with E-state index in [1.807, 2.05) is 30.5 Å². The summed E-state index contributed by atoms with van der Waals surface area (Å²) < 4.78 is 19.3. The number of ether oxygens (including phenoxy) is 3. The minimum absolute atomic E-state index is 0.161. The zero-order valence-electron chi connectivity index (χ0n) is 18.6. The first-order valence-corrected chi connectivity index (χ1v) is 11.5. The maximum atomic E-state index is 13.0. The fourth-order valence-electron chi connectivity index (χ4n) is 4.00. The van der Waals surface area contributed by atoms with Crippen LogP contribution in [0.15, 0.2) is 66.6 Å². The van der Waals surface area contributed by atoms with Gasteiger partial charge < -0.3 is 18.8 Å². The Kier molecular flexibility index (Phi) is 5.98. The Labute approximate surface area is 207 Å². The van der Waals surface area contributed by atoms with Gasteiger partial charge in [0.1, 0.15) is 23.9 Å². The smallest absolute Gasteiger partial charge is 0.231 e. The van der Waals surface area contributed by atoms with Gasteiger partial charge in [-0.15, -0.1) is 0 Å². The zero-order valence-corrected chi connectivity index (χ0v) is 20.1. The molecule has 172 valence electrons. The van der Waals surface area contributed by atoms with Crippen LogP contribution in [0.25, 0.3) is 17.0 Å². The number of benzene rings is 3. The first kappa shape index (κ1) is 22.4. The first-order chi connectivity index (χ1) is 16.5. The molecule has 4 aromatic rings. The summed E-state index contributed by atoms with van der Waals surface area (Å²) in [6.07, 6.45) is 3.80. The average Bonchev–Trinajstić information content (AvgIpc) is 3.36. The van der Waals surface area contributed by atoms with Gasteiger partial charge in [0.2, 0.25) is 5.78 Å². The van der Waals surface area contributed by atoms with Gasteiger partial charge in [-0.05, 0) is 61.0 Å². The molecule has 1 aliphatic rings. The van der Waals surface area contributed by atoms with Crippen LogP contribution in [0, 0.1) is 0 Å². The predicted molar refractivity (Wildman–Crippen MR) is 134 cm³/mol. The SMILES string of the molecule is CCn1cc(/C=C2\Oc3cc(OCc4ccc(Cl)c(Cl)c4)ccc3C2=O)c2cc(OC)ccc21. The summed E-state index contributed by atoms with van der Waals surface area (Å²) in [4.78, 5) is 13.0. The van der Waals surface area contributed by atoms with E-state index in [0.717, 1.165) is 34.3 Å². The topological polar surface area (TPSA) is 49.7 Å². The third-order valence-corrected chi connectivity index (χ3v) is 6.52. The highest BCUT2D eigenvalue weighted by atomic mass is 35.5. The Hall–Kier alpha value is -3.41. The Balaban J connectivity index is 1.40. The van der Waals surface area contributed by atoms with E-state index in [4.69, 9.17) is 37.4 Å². The monoisotopic (exact) mass is 493 g/mol. The molecule has 7 heteroatoms. The van der Waals surface area contributed by atoms with Crippen molar-refractivity contribution in [1.29, 1.82) is 0 Å². The molecule has 0 saturated heterocycles. The molecule has 2 heterocycles. The number of aryl methyl sites for hydroxylation is 1. The van der Waals surface area contributed by atoms with E-state index in [9.17, 15) is 4.79 Å². The number of ketones is 1. The van der Waals surface area contributed by atoms with Crippen molar-refractivity contribution in [1.82, 2.24) is 4.57 Å². The first-order valence-electron chi connectivity index (χ1n) is 10.8. The van der Waals surface area contributed by atoms with Gasteiger partial charge in [0.15, 0.2) is 5.76 Å². The van der Waals surface area contributed by atoms with Crippen molar-refractivity contribution in [2.24, 2.45) is 0 Å². The second-order valence-corrected chi connectivity index (χ2v) is 8.70. The summed E-state index contributed by atoms with van der Waals surface area (Å²) in [6.45, 7) is 3.19. The third kappa shape index (κ3) is 4.13. The summed E-state index contributed by atoms with van der Waals surface area (Å²) in [5.41, 5.74) is 3.35. The Bertz CT molecular complexity index is 1450. The van der Waals surface area contributed by atoms with Crippen LogP contribution in [0.2, 0.25) is 10.0 Å². The lowest BCUT2D eigenvalue weighted by atomic mass is 10.1. The molecule has 0 bridgehead atoms. The molecule has 3 aromatic carbocycles. The van der Waals surface area contributed by atoms with Gasteiger partial charge in [0, 0.05) is 35.3 Å². The summed E-state index contributed by atoms with van der Waals surface area (Å²) in [5, 5.41) is 1.96. The number of Topliss-reactive ketones (excluding diaryl/α,β-unsaturated/α-hetero) is 1. The van der Waals surface area contributed by atoms with Crippen molar-refractivity contribution in [3.8, 4) is 17.2 Å². The number of carbonyl (C=O) groups is 1. The van der Waals surface area contributed by atoms with Crippen LogP contribution in [0.1, 0.15) is 28.4 Å². The van der Waals surface area contributed by atoms with Crippen LogP contribution in [-0.4, -0.2) is 17.5 Å². The van der Waals surface area contributed by atoms with E-state index in [1.54, 1.807) is 43.5 Å². The summed E-state index contributed by atoms with van der Waals surface area (Å²) in [6, 6.07) is 16.5. The molecule has 5 rings (SSSR count). The third-order valence-electron chi connectivity index (χ3n) is 5.78. The summed E-state index contributed by atoms with van der Waals surface area (Å²) in [7, 11) is 1.64. The molecule has 0 radical (unpaired) electrons. The van der Waals surface area contributed by atoms with Gasteiger partial charge >= 0.3 is 0 Å². The number of rotatable bonds is 6.